The Balaban J connectivity index is 0.00000338. The lowest BCUT2D eigenvalue weighted by atomic mass is 9.71. The first-order chi connectivity index (χ1) is 12.0. The number of rotatable bonds is 9. The molecule has 0 spiro atoms. The third kappa shape index (κ3) is 9.15. The number of nitrogens with two attached hydrogens (primary N) is 1. The molecule has 27 heavy (non-hydrogen) atoms. The average Bonchev–Trinajstić information content (AvgIpc) is 2.61. The predicted octanol–water partition coefficient (Wildman–Crippen LogP) is 3.39. The van der Waals surface area contributed by atoms with Gasteiger partial charge in [-0.25, -0.2) is 0 Å². The SMILES string of the molecule is CN(C)CCOc1ccc(CNC(=O)CC2(CN)CCCCC2)cc1.Cl.Cl. The van der Waals surface area contributed by atoms with Gasteiger partial charge in [-0.3, -0.25) is 4.79 Å². The number of carbonyl (C=O) groups excluding carboxylic acids is 1. The smallest absolute Gasteiger partial charge is 0.220 e. The Morgan fingerprint density at radius 2 is 1.78 bits per heavy atom. The lowest BCUT2D eigenvalue weighted by molar-refractivity contribution is -0.124. The molecule has 1 fully saturated rings. The van der Waals surface area contributed by atoms with Gasteiger partial charge in [-0.05, 0) is 56.6 Å². The number of hydrogen-bond acceptors (Lipinski definition) is 4. The highest BCUT2D eigenvalue weighted by molar-refractivity contribution is 5.85. The summed E-state index contributed by atoms with van der Waals surface area (Å²) >= 11 is 0. The van der Waals surface area contributed by atoms with E-state index in [1.165, 1.54) is 19.3 Å². The Bertz CT molecular complexity index is 533. The molecule has 1 aliphatic carbocycles. The zero-order valence-corrected chi connectivity index (χ0v) is 18.2. The first kappa shape index (κ1) is 26.0. The van der Waals surface area contributed by atoms with Gasteiger partial charge in [0.25, 0.3) is 0 Å². The van der Waals surface area contributed by atoms with Crippen molar-refractivity contribution in [3.05, 3.63) is 29.8 Å². The molecule has 0 radical (unpaired) electrons. The fraction of sp³-hybridized carbons (Fsp3) is 0.650. The van der Waals surface area contributed by atoms with Gasteiger partial charge in [0.1, 0.15) is 12.4 Å². The van der Waals surface area contributed by atoms with Gasteiger partial charge < -0.3 is 20.7 Å². The number of amides is 1. The van der Waals surface area contributed by atoms with Gasteiger partial charge in [0, 0.05) is 19.5 Å². The summed E-state index contributed by atoms with van der Waals surface area (Å²) in [5.41, 5.74) is 7.07. The number of benzene rings is 1. The lowest BCUT2D eigenvalue weighted by Crippen LogP contribution is -2.38. The molecule has 156 valence electrons. The van der Waals surface area contributed by atoms with Gasteiger partial charge in [-0.1, -0.05) is 31.4 Å². The van der Waals surface area contributed by atoms with Gasteiger partial charge in [0.05, 0.1) is 0 Å². The minimum absolute atomic E-state index is 0. The second-order valence-electron chi connectivity index (χ2n) is 7.51. The summed E-state index contributed by atoms with van der Waals surface area (Å²) in [7, 11) is 4.05. The van der Waals surface area contributed by atoms with Crippen molar-refractivity contribution in [2.45, 2.75) is 45.1 Å². The van der Waals surface area contributed by atoms with E-state index in [0.29, 0.717) is 26.1 Å². The van der Waals surface area contributed by atoms with Gasteiger partial charge in [-0.15, -0.1) is 24.8 Å². The number of hydrogen-bond donors (Lipinski definition) is 2. The van der Waals surface area contributed by atoms with Crippen molar-refractivity contribution >= 4 is 30.7 Å². The second kappa shape index (κ2) is 13.2. The summed E-state index contributed by atoms with van der Waals surface area (Å²) in [6.07, 6.45) is 6.37. The molecule has 0 aromatic heterocycles. The van der Waals surface area contributed by atoms with Crippen LogP contribution in [0.15, 0.2) is 24.3 Å². The molecular weight excluding hydrogens is 385 g/mol. The van der Waals surface area contributed by atoms with Crippen LogP contribution in [0.1, 0.15) is 44.1 Å². The summed E-state index contributed by atoms with van der Waals surface area (Å²) in [4.78, 5) is 14.4. The van der Waals surface area contributed by atoms with Crippen LogP contribution in [-0.2, 0) is 11.3 Å². The molecule has 0 atom stereocenters. The number of ether oxygens (including phenoxy) is 1. The molecule has 0 bridgehead atoms. The van der Waals surface area contributed by atoms with E-state index in [1.807, 2.05) is 38.4 Å². The topological polar surface area (TPSA) is 67.6 Å². The van der Waals surface area contributed by atoms with Gasteiger partial charge >= 0.3 is 0 Å². The minimum Gasteiger partial charge on any atom is -0.492 e. The summed E-state index contributed by atoms with van der Waals surface area (Å²) < 4.78 is 5.68. The van der Waals surface area contributed by atoms with Crippen molar-refractivity contribution < 1.29 is 9.53 Å². The van der Waals surface area contributed by atoms with Crippen molar-refractivity contribution in [2.24, 2.45) is 11.1 Å². The van der Waals surface area contributed by atoms with Gasteiger partial charge in [0.2, 0.25) is 5.91 Å². The predicted molar refractivity (Wildman–Crippen MR) is 116 cm³/mol. The first-order valence-electron chi connectivity index (χ1n) is 9.36. The molecule has 7 heteroatoms. The first-order valence-corrected chi connectivity index (χ1v) is 9.36. The highest BCUT2D eigenvalue weighted by Crippen LogP contribution is 2.38. The van der Waals surface area contributed by atoms with Crippen molar-refractivity contribution in [1.82, 2.24) is 10.2 Å². The monoisotopic (exact) mass is 419 g/mol. The molecule has 1 aromatic rings. The molecule has 2 rings (SSSR count). The zero-order chi connectivity index (χ0) is 18.1. The molecule has 1 amide bonds. The van der Waals surface area contributed by atoms with Crippen LogP contribution < -0.4 is 15.8 Å². The molecule has 1 aliphatic rings. The quantitative estimate of drug-likeness (QED) is 0.643. The summed E-state index contributed by atoms with van der Waals surface area (Å²) in [6.45, 7) is 2.72. The fourth-order valence-corrected chi connectivity index (χ4v) is 3.41. The average molecular weight is 420 g/mol. The highest BCUT2D eigenvalue weighted by Gasteiger charge is 2.32. The Morgan fingerprint density at radius 3 is 2.33 bits per heavy atom. The van der Waals surface area contributed by atoms with Crippen LogP contribution in [0.25, 0.3) is 0 Å². The molecule has 1 saturated carbocycles. The molecule has 0 saturated heterocycles. The maximum Gasteiger partial charge on any atom is 0.220 e. The van der Waals surface area contributed by atoms with Crippen molar-refractivity contribution in [2.75, 3.05) is 33.8 Å². The Hall–Kier alpha value is -1.01. The van der Waals surface area contributed by atoms with Crippen molar-refractivity contribution in [1.29, 1.82) is 0 Å². The molecule has 0 heterocycles. The van der Waals surface area contributed by atoms with Crippen LogP contribution in [0.4, 0.5) is 0 Å². The molecule has 5 nitrogen and oxygen atoms in total. The van der Waals surface area contributed by atoms with E-state index in [0.717, 1.165) is 30.7 Å². The fourth-order valence-electron chi connectivity index (χ4n) is 3.41. The Morgan fingerprint density at radius 1 is 1.15 bits per heavy atom. The van der Waals surface area contributed by atoms with Crippen LogP contribution in [-0.4, -0.2) is 44.6 Å². The number of carbonyl (C=O) groups is 1. The van der Waals surface area contributed by atoms with Crippen LogP contribution >= 0.6 is 24.8 Å². The van der Waals surface area contributed by atoms with Crippen molar-refractivity contribution in [3.8, 4) is 5.75 Å². The van der Waals surface area contributed by atoms with Crippen LogP contribution in [0, 0.1) is 5.41 Å². The lowest BCUT2D eigenvalue weighted by Gasteiger charge is -2.35. The second-order valence-corrected chi connectivity index (χ2v) is 7.51. The van der Waals surface area contributed by atoms with E-state index in [4.69, 9.17) is 10.5 Å². The zero-order valence-electron chi connectivity index (χ0n) is 16.5. The molecule has 0 aliphatic heterocycles. The van der Waals surface area contributed by atoms with Crippen LogP contribution in [0.2, 0.25) is 0 Å². The van der Waals surface area contributed by atoms with Gasteiger partial charge in [-0.2, -0.15) is 0 Å². The third-order valence-corrected chi connectivity index (χ3v) is 5.10. The Kier molecular flexibility index (Phi) is 12.7. The van der Waals surface area contributed by atoms with Gasteiger partial charge in [0.15, 0.2) is 0 Å². The standard InChI is InChI=1S/C20H33N3O2.2ClH/c1-23(2)12-13-25-18-8-6-17(7-9-18)15-22-19(24)14-20(16-21)10-4-3-5-11-20;;/h6-9H,3-5,10-16,21H2,1-2H3,(H,22,24);2*1H. The number of nitrogens with one attached hydrogen (secondary N) is 1. The summed E-state index contributed by atoms with van der Waals surface area (Å²) in [6, 6.07) is 7.93. The van der Waals surface area contributed by atoms with E-state index in [1.54, 1.807) is 0 Å². The molecule has 1 aromatic carbocycles. The minimum atomic E-state index is 0. The molecular formula is C20H35Cl2N3O2. The summed E-state index contributed by atoms with van der Waals surface area (Å²) in [5, 5.41) is 3.04. The normalized spacial score (nSPS) is 15.4. The van der Waals surface area contributed by atoms with E-state index in [-0.39, 0.29) is 36.1 Å². The van der Waals surface area contributed by atoms with Crippen LogP contribution in [0.3, 0.4) is 0 Å². The number of nitrogens with zero attached hydrogens (tertiary/aromatic N) is 1. The highest BCUT2D eigenvalue weighted by atomic mass is 35.5. The molecule has 3 N–H and O–H groups in total. The van der Waals surface area contributed by atoms with Crippen LogP contribution in [0.5, 0.6) is 5.75 Å². The van der Waals surface area contributed by atoms with E-state index >= 15 is 0 Å². The number of likely N-dealkylation sites (N-methyl/N-ethyl adjacent to an activating group) is 1. The summed E-state index contributed by atoms with van der Waals surface area (Å²) in [5.74, 6) is 0.972. The van der Waals surface area contributed by atoms with E-state index < -0.39 is 0 Å². The van der Waals surface area contributed by atoms with E-state index in [9.17, 15) is 4.79 Å². The van der Waals surface area contributed by atoms with E-state index in [2.05, 4.69) is 10.2 Å². The largest absolute Gasteiger partial charge is 0.492 e. The number of halogens is 2. The maximum atomic E-state index is 12.3. The maximum absolute atomic E-state index is 12.3. The Labute approximate surface area is 176 Å². The van der Waals surface area contributed by atoms with Crippen molar-refractivity contribution in [3.63, 3.8) is 0 Å². The third-order valence-electron chi connectivity index (χ3n) is 5.10. The molecule has 0 unspecified atom stereocenters.